The molecule has 1 aliphatic rings. The molecule has 8 nitrogen and oxygen atoms in total. The minimum Gasteiger partial charge on any atom is -0.493 e. The van der Waals surface area contributed by atoms with Crippen LogP contribution in [0.5, 0.6) is 11.5 Å². The van der Waals surface area contributed by atoms with E-state index < -0.39 is 0 Å². The molecule has 0 spiro atoms. The van der Waals surface area contributed by atoms with Crippen LogP contribution >= 0.6 is 0 Å². The van der Waals surface area contributed by atoms with E-state index in [0.29, 0.717) is 23.3 Å². The van der Waals surface area contributed by atoms with Gasteiger partial charge in [-0.3, -0.25) is 0 Å². The molecule has 2 aromatic rings. The number of anilines is 2. The summed E-state index contributed by atoms with van der Waals surface area (Å²) < 4.78 is 10.7. The van der Waals surface area contributed by atoms with Crippen LogP contribution in [0.4, 0.5) is 11.8 Å². The van der Waals surface area contributed by atoms with Gasteiger partial charge in [-0.1, -0.05) is 5.16 Å². The Hall–Kier alpha value is -2.77. The molecule has 1 fully saturated rings. The molecule has 1 aromatic heterocycles. The molecule has 2 N–H and O–H groups in total. The molecule has 0 amide bonds. The highest BCUT2D eigenvalue weighted by molar-refractivity contribution is 5.92. The number of nitrogen functional groups attached to an aromatic ring is 1. The second kappa shape index (κ2) is 7.63. The second-order valence-corrected chi connectivity index (χ2v) is 6.43. The summed E-state index contributed by atoms with van der Waals surface area (Å²) in [4.78, 5) is 16.6. The summed E-state index contributed by atoms with van der Waals surface area (Å²) in [5.74, 6) is 2.26. The number of fused-ring (bicyclic) bond motifs is 1. The van der Waals surface area contributed by atoms with Crippen LogP contribution in [0.2, 0.25) is 0 Å². The summed E-state index contributed by atoms with van der Waals surface area (Å²) in [6.07, 6.45) is 1.73. The maximum absolute atomic E-state index is 6.17. The molecule has 1 aromatic carbocycles. The van der Waals surface area contributed by atoms with E-state index in [4.69, 9.17) is 20.0 Å². The molecule has 1 saturated heterocycles. The number of hydrogen-bond donors (Lipinski definition) is 1. The van der Waals surface area contributed by atoms with Crippen LogP contribution in [0, 0.1) is 0 Å². The van der Waals surface area contributed by atoms with E-state index in [-0.39, 0.29) is 6.10 Å². The van der Waals surface area contributed by atoms with Gasteiger partial charge in [0.05, 0.1) is 25.4 Å². The van der Waals surface area contributed by atoms with Gasteiger partial charge in [0.2, 0.25) is 5.95 Å². The Kier molecular flexibility index (Phi) is 5.29. The van der Waals surface area contributed by atoms with Crippen LogP contribution < -0.4 is 20.1 Å². The molecular formula is C18H25N5O3. The summed E-state index contributed by atoms with van der Waals surface area (Å²) in [5.41, 5.74) is 7.96. The number of nitrogens with zero attached hydrogens (tertiary/aromatic N) is 4. The van der Waals surface area contributed by atoms with E-state index >= 15 is 0 Å². The predicted molar refractivity (Wildman–Crippen MR) is 102 cm³/mol. The Labute approximate surface area is 152 Å². The first-order valence-electron chi connectivity index (χ1n) is 8.67. The van der Waals surface area contributed by atoms with E-state index in [1.54, 1.807) is 20.3 Å². The fourth-order valence-electron chi connectivity index (χ4n) is 2.84. The van der Waals surface area contributed by atoms with Crippen LogP contribution in [0.3, 0.4) is 0 Å². The van der Waals surface area contributed by atoms with Crippen molar-refractivity contribution in [1.29, 1.82) is 0 Å². The third-order valence-electron chi connectivity index (χ3n) is 4.23. The van der Waals surface area contributed by atoms with Crippen molar-refractivity contribution in [2.75, 3.05) is 37.9 Å². The summed E-state index contributed by atoms with van der Waals surface area (Å²) >= 11 is 0. The van der Waals surface area contributed by atoms with Crippen LogP contribution in [-0.4, -0.2) is 49.1 Å². The number of methoxy groups -OCH3 is 2. The highest BCUT2D eigenvalue weighted by Gasteiger charge is 2.20. The van der Waals surface area contributed by atoms with Gasteiger partial charge in [-0.15, -0.1) is 0 Å². The van der Waals surface area contributed by atoms with Gasteiger partial charge >= 0.3 is 0 Å². The van der Waals surface area contributed by atoms with Crippen molar-refractivity contribution in [3.63, 3.8) is 0 Å². The van der Waals surface area contributed by atoms with Crippen LogP contribution in [-0.2, 0) is 4.84 Å². The predicted octanol–water partition coefficient (Wildman–Crippen LogP) is 2.61. The topological polar surface area (TPSA) is 95.1 Å². The van der Waals surface area contributed by atoms with Gasteiger partial charge in [0, 0.05) is 37.4 Å². The van der Waals surface area contributed by atoms with E-state index in [1.165, 1.54) is 0 Å². The van der Waals surface area contributed by atoms with Gasteiger partial charge in [0.1, 0.15) is 11.9 Å². The Bertz CT molecular complexity index is 812. The Morgan fingerprint density at radius 1 is 1.08 bits per heavy atom. The highest BCUT2D eigenvalue weighted by Crippen LogP contribution is 2.34. The number of hydrogen-bond acceptors (Lipinski definition) is 8. The molecular weight excluding hydrogens is 334 g/mol. The van der Waals surface area contributed by atoms with Gasteiger partial charge < -0.3 is 24.9 Å². The fraction of sp³-hybridized carbons (Fsp3) is 0.500. The normalized spacial score (nSPS) is 14.7. The molecule has 1 aliphatic heterocycles. The summed E-state index contributed by atoms with van der Waals surface area (Å²) in [7, 11) is 3.19. The summed E-state index contributed by atoms with van der Waals surface area (Å²) in [6.45, 7) is 5.49. The van der Waals surface area contributed by atoms with E-state index in [1.807, 2.05) is 19.9 Å². The van der Waals surface area contributed by atoms with Crippen molar-refractivity contribution < 1.29 is 14.3 Å². The maximum atomic E-state index is 6.17. The van der Waals surface area contributed by atoms with Gasteiger partial charge in [-0.25, -0.2) is 4.98 Å². The Balaban J connectivity index is 1.84. The maximum Gasteiger partial charge on any atom is 0.227 e. The van der Waals surface area contributed by atoms with Crippen molar-refractivity contribution in [1.82, 2.24) is 9.97 Å². The number of piperidine rings is 1. The van der Waals surface area contributed by atoms with Gasteiger partial charge in [0.15, 0.2) is 11.5 Å². The highest BCUT2D eigenvalue weighted by atomic mass is 16.6. The minimum absolute atomic E-state index is 0.0936. The van der Waals surface area contributed by atoms with Crippen molar-refractivity contribution in [2.45, 2.75) is 32.8 Å². The first kappa shape index (κ1) is 18.0. The van der Waals surface area contributed by atoms with E-state index in [2.05, 4.69) is 20.0 Å². The van der Waals surface area contributed by atoms with Crippen molar-refractivity contribution in [3.05, 3.63) is 12.1 Å². The van der Waals surface area contributed by atoms with Crippen molar-refractivity contribution in [3.8, 4) is 11.5 Å². The van der Waals surface area contributed by atoms with Crippen LogP contribution in [0.15, 0.2) is 17.3 Å². The first-order chi connectivity index (χ1) is 12.5. The molecule has 0 unspecified atom stereocenters. The smallest absolute Gasteiger partial charge is 0.227 e. The Morgan fingerprint density at radius 2 is 1.73 bits per heavy atom. The molecule has 2 heterocycles. The number of nitrogens with two attached hydrogens (primary N) is 1. The van der Waals surface area contributed by atoms with Gasteiger partial charge in [-0.05, 0) is 19.9 Å². The number of ether oxygens (including phenoxy) is 2. The zero-order valence-corrected chi connectivity index (χ0v) is 15.7. The number of oxime groups is 1. The zero-order valence-electron chi connectivity index (χ0n) is 15.7. The average Bonchev–Trinajstić information content (AvgIpc) is 2.65. The number of rotatable bonds is 5. The molecule has 0 aliphatic carbocycles. The van der Waals surface area contributed by atoms with Gasteiger partial charge in [-0.2, -0.15) is 4.98 Å². The lowest BCUT2D eigenvalue weighted by Crippen LogP contribution is -2.35. The van der Waals surface area contributed by atoms with E-state index in [0.717, 1.165) is 42.5 Å². The molecule has 0 atom stereocenters. The number of benzene rings is 1. The molecule has 0 saturated carbocycles. The monoisotopic (exact) mass is 359 g/mol. The standard InChI is InChI=1S/C18H25N5O3/c1-11(2)26-22-12-5-7-23(8-6-12)18-20-14-10-16(25-4)15(24-3)9-13(14)17(19)21-18/h9-11H,5-8H2,1-4H3,(H2,19,20,21). The third-order valence-corrected chi connectivity index (χ3v) is 4.23. The fourth-order valence-corrected chi connectivity index (χ4v) is 2.84. The second-order valence-electron chi connectivity index (χ2n) is 6.43. The summed E-state index contributed by atoms with van der Waals surface area (Å²) in [5, 5.41) is 4.96. The first-order valence-corrected chi connectivity index (χ1v) is 8.67. The lowest BCUT2D eigenvalue weighted by molar-refractivity contribution is 0.0848. The molecule has 26 heavy (non-hydrogen) atoms. The average molecular weight is 359 g/mol. The zero-order chi connectivity index (χ0) is 18.7. The van der Waals surface area contributed by atoms with Crippen molar-refractivity contribution >= 4 is 28.4 Å². The van der Waals surface area contributed by atoms with Crippen molar-refractivity contribution in [2.24, 2.45) is 5.16 Å². The quantitative estimate of drug-likeness (QED) is 0.820. The SMILES string of the molecule is COc1cc2nc(N3CCC(=NOC(C)C)CC3)nc(N)c2cc1OC. The third kappa shape index (κ3) is 3.74. The molecule has 0 bridgehead atoms. The largest absolute Gasteiger partial charge is 0.493 e. The van der Waals surface area contributed by atoms with E-state index in [9.17, 15) is 0 Å². The number of aromatic nitrogens is 2. The minimum atomic E-state index is 0.0936. The molecule has 3 rings (SSSR count). The lowest BCUT2D eigenvalue weighted by Gasteiger charge is -2.28. The van der Waals surface area contributed by atoms with Crippen LogP contribution in [0.25, 0.3) is 10.9 Å². The summed E-state index contributed by atoms with van der Waals surface area (Å²) in [6, 6.07) is 3.63. The lowest BCUT2D eigenvalue weighted by atomic mass is 10.1. The molecule has 140 valence electrons. The molecule has 8 heteroatoms. The molecule has 0 radical (unpaired) electrons. The van der Waals surface area contributed by atoms with Crippen LogP contribution in [0.1, 0.15) is 26.7 Å². The van der Waals surface area contributed by atoms with Gasteiger partial charge in [0.25, 0.3) is 0 Å². The Morgan fingerprint density at radius 3 is 2.35 bits per heavy atom.